The van der Waals surface area contributed by atoms with Gasteiger partial charge in [-0.15, -0.1) is 0 Å². The minimum atomic E-state index is 0.328. The predicted molar refractivity (Wildman–Crippen MR) is 63.9 cm³/mol. The van der Waals surface area contributed by atoms with Gasteiger partial charge in [0.15, 0.2) is 0 Å². The van der Waals surface area contributed by atoms with Gasteiger partial charge < -0.3 is 10.4 Å². The van der Waals surface area contributed by atoms with Crippen LogP contribution >= 0.6 is 0 Å². The van der Waals surface area contributed by atoms with E-state index < -0.39 is 0 Å². The van der Waals surface area contributed by atoms with Gasteiger partial charge in [-0.2, -0.15) is 0 Å². The van der Waals surface area contributed by atoms with Crippen molar-refractivity contribution in [3.05, 3.63) is 29.8 Å². The zero-order valence-electron chi connectivity index (χ0n) is 9.83. The Kier molecular flexibility index (Phi) is 4.63. The van der Waals surface area contributed by atoms with E-state index in [1.54, 1.807) is 12.1 Å². The fourth-order valence-electron chi connectivity index (χ4n) is 1.70. The van der Waals surface area contributed by atoms with Crippen LogP contribution in [-0.4, -0.2) is 11.1 Å². The molecule has 1 aromatic carbocycles. The van der Waals surface area contributed by atoms with E-state index in [0.717, 1.165) is 12.5 Å². The SMILES string of the molecule is CC(C)C[C@H](C)NCc1ccc(O)cc1. The molecule has 1 atom stereocenters. The molecule has 1 aromatic rings. The van der Waals surface area contributed by atoms with Crippen molar-refractivity contribution in [3.8, 4) is 5.75 Å². The molecule has 2 nitrogen and oxygen atoms in total. The monoisotopic (exact) mass is 207 g/mol. The van der Waals surface area contributed by atoms with E-state index in [1.165, 1.54) is 12.0 Å². The Morgan fingerprint density at radius 3 is 2.27 bits per heavy atom. The summed E-state index contributed by atoms with van der Waals surface area (Å²) in [5.74, 6) is 1.06. The summed E-state index contributed by atoms with van der Waals surface area (Å²) < 4.78 is 0. The number of hydrogen-bond acceptors (Lipinski definition) is 2. The summed E-state index contributed by atoms with van der Waals surface area (Å²) in [6.45, 7) is 7.55. The third-order valence-electron chi connectivity index (χ3n) is 2.42. The molecule has 0 amide bonds. The van der Waals surface area contributed by atoms with Gasteiger partial charge in [-0.3, -0.25) is 0 Å². The molecule has 0 unspecified atom stereocenters. The lowest BCUT2D eigenvalue weighted by Crippen LogP contribution is -2.26. The molecular formula is C13H21NO. The molecule has 0 saturated carbocycles. The lowest BCUT2D eigenvalue weighted by atomic mass is 10.1. The van der Waals surface area contributed by atoms with E-state index in [4.69, 9.17) is 5.11 Å². The van der Waals surface area contributed by atoms with E-state index in [0.29, 0.717) is 11.8 Å². The van der Waals surface area contributed by atoms with Gasteiger partial charge in [0.2, 0.25) is 0 Å². The van der Waals surface area contributed by atoms with Crippen LogP contribution in [0.3, 0.4) is 0 Å². The maximum atomic E-state index is 9.13. The smallest absolute Gasteiger partial charge is 0.115 e. The molecule has 0 bridgehead atoms. The predicted octanol–water partition coefficient (Wildman–Crippen LogP) is 2.92. The first kappa shape index (κ1) is 12.1. The highest BCUT2D eigenvalue weighted by Crippen LogP contribution is 2.10. The molecule has 0 heterocycles. The third-order valence-corrected chi connectivity index (χ3v) is 2.42. The van der Waals surface area contributed by atoms with Gasteiger partial charge in [-0.25, -0.2) is 0 Å². The summed E-state index contributed by atoms with van der Waals surface area (Å²) >= 11 is 0. The van der Waals surface area contributed by atoms with Crippen molar-refractivity contribution < 1.29 is 5.11 Å². The van der Waals surface area contributed by atoms with Crippen molar-refractivity contribution in [2.24, 2.45) is 5.92 Å². The molecule has 0 radical (unpaired) electrons. The van der Waals surface area contributed by atoms with Crippen LogP contribution in [-0.2, 0) is 6.54 Å². The van der Waals surface area contributed by atoms with Gasteiger partial charge in [0.05, 0.1) is 0 Å². The molecule has 15 heavy (non-hydrogen) atoms. The number of rotatable bonds is 5. The number of hydrogen-bond donors (Lipinski definition) is 2. The van der Waals surface area contributed by atoms with Crippen LogP contribution < -0.4 is 5.32 Å². The molecule has 0 spiro atoms. The molecule has 0 aliphatic rings. The fraction of sp³-hybridized carbons (Fsp3) is 0.538. The van der Waals surface area contributed by atoms with Gasteiger partial charge in [0.25, 0.3) is 0 Å². The third kappa shape index (κ3) is 4.84. The van der Waals surface area contributed by atoms with Crippen LogP contribution in [0.2, 0.25) is 0 Å². The minimum Gasteiger partial charge on any atom is -0.508 e. The number of benzene rings is 1. The van der Waals surface area contributed by atoms with Gasteiger partial charge in [-0.1, -0.05) is 26.0 Å². The largest absolute Gasteiger partial charge is 0.508 e. The Morgan fingerprint density at radius 1 is 1.13 bits per heavy atom. The Morgan fingerprint density at radius 2 is 1.73 bits per heavy atom. The van der Waals surface area contributed by atoms with Crippen molar-refractivity contribution in [2.75, 3.05) is 0 Å². The molecule has 0 aromatic heterocycles. The Bertz CT molecular complexity index is 279. The molecule has 0 aliphatic heterocycles. The highest BCUT2D eigenvalue weighted by Gasteiger charge is 2.03. The molecule has 0 fully saturated rings. The summed E-state index contributed by atoms with van der Waals surface area (Å²) in [7, 11) is 0. The van der Waals surface area contributed by atoms with Crippen molar-refractivity contribution in [1.82, 2.24) is 5.32 Å². The molecule has 2 heteroatoms. The normalized spacial score (nSPS) is 13.1. The van der Waals surface area contributed by atoms with Crippen LogP contribution in [0.15, 0.2) is 24.3 Å². The van der Waals surface area contributed by atoms with Crippen molar-refractivity contribution in [3.63, 3.8) is 0 Å². The van der Waals surface area contributed by atoms with Crippen LogP contribution in [0.1, 0.15) is 32.8 Å². The minimum absolute atomic E-state index is 0.328. The van der Waals surface area contributed by atoms with Crippen molar-refractivity contribution in [2.45, 2.75) is 39.8 Å². The van der Waals surface area contributed by atoms with Crippen LogP contribution in [0, 0.1) is 5.92 Å². The first-order valence-corrected chi connectivity index (χ1v) is 5.59. The second-order valence-corrected chi connectivity index (χ2v) is 4.58. The summed E-state index contributed by atoms with van der Waals surface area (Å²) in [5, 5.41) is 12.6. The Hall–Kier alpha value is -1.02. The topological polar surface area (TPSA) is 32.3 Å². The van der Waals surface area contributed by atoms with Crippen LogP contribution in [0.4, 0.5) is 0 Å². The van der Waals surface area contributed by atoms with E-state index in [1.807, 2.05) is 12.1 Å². The molecule has 0 saturated heterocycles. The highest BCUT2D eigenvalue weighted by molar-refractivity contribution is 5.25. The number of nitrogens with one attached hydrogen (secondary N) is 1. The van der Waals surface area contributed by atoms with E-state index >= 15 is 0 Å². The summed E-state index contributed by atoms with van der Waals surface area (Å²) in [4.78, 5) is 0. The molecule has 1 rings (SSSR count). The number of aromatic hydroxyl groups is 1. The first-order chi connectivity index (χ1) is 7.08. The quantitative estimate of drug-likeness (QED) is 0.778. The van der Waals surface area contributed by atoms with Crippen LogP contribution in [0.5, 0.6) is 5.75 Å². The second kappa shape index (κ2) is 5.76. The standard InChI is InChI=1S/C13H21NO/c1-10(2)8-11(3)14-9-12-4-6-13(15)7-5-12/h4-7,10-11,14-15H,8-9H2,1-3H3/t11-/m0/s1. The van der Waals surface area contributed by atoms with Gasteiger partial charge in [-0.05, 0) is 37.0 Å². The maximum absolute atomic E-state index is 9.13. The molecule has 2 N–H and O–H groups in total. The Balaban J connectivity index is 2.33. The molecule has 0 aliphatic carbocycles. The average molecular weight is 207 g/mol. The summed E-state index contributed by atoms with van der Waals surface area (Å²) in [6, 6.07) is 7.89. The maximum Gasteiger partial charge on any atom is 0.115 e. The molecular weight excluding hydrogens is 186 g/mol. The van der Waals surface area contributed by atoms with Crippen molar-refractivity contribution in [1.29, 1.82) is 0 Å². The van der Waals surface area contributed by atoms with Gasteiger partial charge in [0, 0.05) is 12.6 Å². The van der Waals surface area contributed by atoms with Crippen molar-refractivity contribution >= 4 is 0 Å². The zero-order chi connectivity index (χ0) is 11.3. The zero-order valence-corrected chi connectivity index (χ0v) is 9.83. The summed E-state index contributed by atoms with van der Waals surface area (Å²) in [6.07, 6.45) is 1.19. The average Bonchev–Trinajstić information content (AvgIpc) is 2.16. The van der Waals surface area contributed by atoms with Crippen LogP contribution in [0.25, 0.3) is 0 Å². The van der Waals surface area contributed by atoms with E-state index in [2.05, 4.69) is 26.1 Å². The van der Waals surface area contributed by atoms with Gasteiger partial charge in [0.1, 0.15) is 5.75 Å². The van der Waals surface area contributed by atoms with E-state index in [-0.39, 0.29) is 0 Å². The lowest BCUT2D eigenvalue weighted by molar-refractivity contribution is 0.441. The molecule has 84 valence electrons. The Labute approximate surface area is 92.3 Å². The fourth-order valence-corrected chi connectivity index (χ4v) is 1.70. The van der Waals surface area contributed by atoms with Gasteiger partial charge >= 0.3 is 0 Å². The number of phenols is 1. The number of phenolic OH excluding ortho intramolecular Hbond substituents is 1. The summed E-state index contributed by atoms with van der Waals surface area (Å²) in [5.41, 5.74) is 1.21. The van der Waals surface area contributed by atoms with E-state index in [9.17, 15) is 0 Å². The second-order valence-electron chi connectivity index (χ2n) is 4.58. The lowest BCUT2D eigenvalue weighted by Gasteiger charge is -2.15. The first-order valence-electron chi connectivity index (χ1n) is 5.59. The highest BCUT2D eigenvalue weighted by atomic mass is 16.3.